The van der Waals surface area contributed by atoms with Crippen molar-refractivity contribution < 1.29 is 0 Å². The van der Waals surface area contributed by atoms with Crippen molar-refractivity contribution in [2.24, 2.45) is 0 Å². The summed E-state index contributed by atoms with van der Waals surface area (Å²) in [6.45, 7) is 14.1. The van der Waals surface area contributed by atoms with E-state index in [-0.39, 0.29) is 5.54 Å². The zero-order valence-electron chi connectivity index (χ0n) is 12.6. The lowest BCUT2D eigenvalue weighted by atomic mass is 10.0. The molecule has 0 bridgehead atoms. The third-order valence-corrected chi connectivity index (χ3v) is 3.13. The van der Waals surface area contributed by atoms with Gasteiger partial charge in [0.25, 0.3) is 0 Å². The summed E-state index contributed by atoms with van der Waals surface area (Å²) in [4.78, 5) is 0. The average Bonchev–Trinajstić information content (AvgIpc) is 2.25. The molecule has 0 unspecified atom stereocenters. The van der Waals surface area contributed by atoms with E-state index < -0.39 is 0 Å². The maximum Gasteiger partial charge on any atom is 0.0210 e. The first kappa shape index (κ1) is 15.2. The first-order chi connectivity index (χ1) is 8.40. The third kappa shape index (κ3) is 5.65. The number of hydrogen-bond acceptors (Lipinski definition) is 2. The lowest BCUT2D eigenvalue weighted by molar-refractivity contribution is 0.418. The van der Waals surface area contributed by atoms with Crippen LogP contribution in [0.4, 0.5) is 0 Å². The molecule has 2 heteroatoms. The van der Waals surface area contributed by atoms with Crippen LogP contribution in [0, 0.1) is 13.8 Å². The molecule has 0 atom stereocenters. The second-order valence-electron chi connectivity index (χ2n) is 6.08. The highest BCUT2D eigenvalue weighted by molar-refractivity contribution is 5.33. The van der Waals surface area contributed by atoms with Gasteiger partial charge in [-0.3, -0.25) is 0 Å². The molecule has 0 saturated heterocycles. The van der Waals surface area contributed by atoms with E-state index in [9.17, 15) is 0 Å². The van der Waals surface area contributed by atoms with E-state index in [1.54, 1.807) is 0 Å². The van der Waals surface area contributed by atoms with Crippen molar-refractivity contribution >= 4 is 0 Å². The van der Waals surface area contributed by atoms with E-state index in [0.717, 1.165) is 19.6 Å². The van der Waals surface area contributed by atoms with Crippen LogP contribution < -0.4 is 10.6 Å². The van der Waals surface area contributed by atoms with E-state index in [1.165, 1.54) is 23.1 Å². The Kier molecular flexibility index (Phi) is 5.83. The molecule has 0 aliphatic heterocycles. The van der Waals surface area contributed by atoms with Crippen molar-refractivity contribution in [3.05, 3.63) is 34.9 Å². The van der Waals surface area contributed by atoms with Crippen molar-refractivity contribution in [1.29, 1.82) is 0 Å². The molecular formula is C16H28N2. The molecule has 0 heterocycles. The summed E-state index contributed by atoms with van der Waals surface area (Å²) in [5, 5.41) is 7.03. The summed E-state index contributed by atoms with van der Waals surface area (Å²) in [5.41, 5.74) is 4.44. The van der Waals surface area contributed by atoms with Gasteiger partial charge in [0.15, 0.2) is 0 Å². The number of aryl methyl sites for hydroxylation is 2. The van der Waals surface area contributed by atoms with E-state index in [2.05, 4.69) is 63.5 Å². The van der Waals surface area contributed by atoms with Crippen LogP contribution in [-0.2, 0) is 6.54 Å². The molecule has 0 aliphatic carbocycles. The highest BCUT2D eigenvalue weighted by Crippen LogP contribution is 2.12. The third-order valence-electron chi connectivity index (χ3n) is 3.13. The Balaban J connectivity index is 2.22. The molecule has 0 radical (unpaired) electrons. The Morgan fingerprint density at radius 3 is 2.17 bits per heavy atom. The molecule has 0 aliphatic rings. The van der Waals surface area contributed by atoms with Crippen LogP contribution in [-0.4, -0.2) is 18.6 Å². The van der Waals surface area contributed by atoms with Crippen LogP contribution in [0.3, 0.4) is 0 Å². The van der Waals surface area contributed by atoms with Crippen molar-refractivity contribution in [1.82, 2.24) is 10.6 Å². The molecule has 0 aromatic heterocycles. The molecule has 2 nitrogen and oxygen atoms in total. The zero-order chi connectivity index (χ0) is 13.6. The summed E-state index contributed by atoms with van der Waals surface area (Å²) >= 11 is 0. The van der Waals surface area contributed by atoms with Crippen LogP contribution in [0.15, 0.2) is 18.2 Å². The van der Waals surface area contributed by atoms with E-state index >= 15 is 0 Å². The number of hydrogen-bond donors (Lipinski definition) is 2. The first-order valence-electron chi connectivity index (χ1n) is 6.91. The summed E-state index contributed by atoms with van der Waals surface area (Å²) in [6.07, 6.45) is 1.17. The van der Waals surface area contributed by atoms with Gasteiger partial charge in [-0.05, 0) is 70.8 Å². The van der Waals surface area contributed by atoms with E-state index in [4.69, 9.17) is 0 Å². The molecular weight excluding hydrogens is 220 g/mol. The minimum absolute atomic E-state index is 0.229. The maximum absolute atomic E-state index is 3.53. The van der Waals surface area contributed by atoms with Crippen LogP contribution >= 0.6 is 0 Å². The highest BCUT2D eigenvalue weighted by Gasteiger charge is 2.07. The summed E-state index contributed by atoms with van der Waals surface area (Å²) in [6, 6.07) is 6.50. The van der Waals surface area contributed by atoms with Crippen LogP contribution in [0.2, 0.25) is 0 Å². The Labute approximate surface area is 112 Å². The van der Waals surface area contributed by atoms with Gasteiger partial charge in [0.05, 0.1) is 0 Å². The molecule has 0 saturated carbocycles. The van der Waals surface area contributed by atoms with Gasteiger partial charge in [0.2, 0.25) is 0 Å². The van der Waals surface area contributed by atoms with Gasteiger partial charge in [-0.1, -0.05) is 18.2 Å². The molecule has 18 heavy (non-hydrogen) atoms. The Morgan fingerprint density at radius 2 is 1.61 bits per heavy atom. The zero-order valence-corrected chi connectivity index (χ0v) is 12.6. The van der Waals surface area contributed by atoms with Gasteiger partial charge in [-0.25, -0.2) is 0 Å². The van der Waals surface area contributed by atoms with Crippen molar-refractivity contribution in [2.75, 3.05) is 13.1 Å². The molecule has 102 valence electrons. The first-order valence-corrected chi connectivity index (χ1v) is 6.91. The fraction of sp³-hybridized carbons (Fsp3) is 0.625. The van der Waals surface area contributed by atoms with E-state index in [1.807, 2.05) is 0 Å². The number of nitrogens with one attached hydrogen (secondary N) is 2. The second-order valence-corrected chi connectivity index (χ2v) is 6.08. The van der Waals surface area contributed by atoms with Crippen LogP contribution in [0.25, 0.3) is 0 Å². The minimum Gasteiger partial charge on any atom is -0.313 e. The Hall–Kier alpha value is -0.860. The highest BCUT2D eigenvalue weighted by atomic mass is 14.9. The molecule has 0 spiro atoms. The molecule has 0 amide bonds. The van der Waals surface area contributed by atoms with Gasteiger partial charge in [-0.15, -0.1) is 0 Å². The monoisotopic (exact) mass is 248 g/mol. The maximum atomic E-state index is 3.53. The fourth-order valence-corrected chi connectivity index (χ4v) is 2.02. The lowest BCUT2D eigenvalue weighted by Crippen LogP contribution is -2.37. The summed E-state index contributed by atoms with van der Waals surface area (Å²) < 4.78 is 0. The van der Waals surface area contributed by atoms with Crippen LogP contribution in [0.5, 0.6) is 0 Å². The van der Waals surface area contributed by atoms with Crippen LogP contribution in [0.1, 0.15) is 43.9 Å². The minimum atomic E-state index is 0.229. The standard InChI is InChI=1S/C16H28N2/c1-13-8-6-9-14(2)15(13)12-17-10-7-11-18-16(3,4)5/h6,8-9,17-18H,7,10-12H2,1-5H3. The second kappa shape index (κ2) is 6.91. The molecule has 1 aromatic rings. The normalized spacial score (nSPS) is 11.8. The molecule has 2 N–H and O–H groups in total. The van der Waals surface area contributed by atoms with E-state index in [0.29, 0.717) is 0 Å². The molecule has 0 fully saturated rings. The van der Waals surface area contributed by atoms with Crippen molar-refractivity contribution in [2.45, 2.75) is 53.1 Å². The SMILES string of the molecule is Cc1cccc(C)c1CNCCCNC(C)(C)C. The number of rotatable bonds is 6. The predicted molar refractivity (Wildman–Crippen MR) is 80.0 cm³/mol. The van der Waals surface area contributed by atoms with Gasteiger partial charge in [-0.2, -0.15) is 0 Å². The van der Waals surface area contributed by atoms with Gasteiger partial charge in [0.1, 0.15) is 0 Å². The topological polar surface area (TPSA) is 24.1 Å². The average molecular weight is 248 g/mol. The predicted octanol–water partition coefficient (Wildman–Crippen LogP) is 3.17. The summed E-state index contributed by atoms with van der Waals surface area (Å²) in [5.74, 6) is 0. The fourth-order valence-electron chi connectivity index (χ4n) is 2.02. The molecule has 1 aromatic carbocycles. The summed E-state index contributed by atoms with van der Waals surface area (Å²) in [7, 11) is 0. The quantitative estimate of drug-likeness (QED) is 0.756. The number of benzene rings is 1. The largest absolute Gasteiger partial charge is 0.313 e. The Morgan fingerprint density at radius 1 is 1.00 bits per heavy atom. The van der Waals surface area contributed by atoms with Gasteiger partial charge in [0, 0.05) is 12.1 Å². The van der Waals surface area contributed by atoms with Crippen molar-refractivity contribution in [3.63, 3.8) is 0 Å². The smallest absolute Gasteiger partial charge is 0.0210 e. The van der Waals surface area contributed by atoms with Crippen molar-refractivity contribution in [3.8, 4) is 0 Å². The van der Waals surface area contributed by atoms with Gasteiger partial charge < -0.3 is 10.6 Å². The van der Waals surface area contributed by atoms with Gasteiger partial charge >= 0.3 is 0 Å². The molecule has 1 rings (SSSR count). The lowest BCUT2D eigenvalue weighted by Gasteiger charge is -2.20. The Bertz CT molecular complexity index is 344.